The molecule has 1 heterocycles. The Kier molecular flexibility index (Phi) is 32.4. The maximum Gasteiger partial charge on any atom is 0.0675 e. The Morgan fingerprint density at radius 3 is 1.30 bits per heavy atom. The van der Waals surface area contributed by atoms with Gasteiger partial charge in [0.2, 0.25) is 0 Å². The van der Waals surface area contributed by atoms with E-state index in [4.69, 9.17) is 9.47 Å². The van der Waals surface area contributed by atoms with Crippen LogP contribution in [0.4, 0.5) is 0 Å². The minimum absolute atomic E-state index is 0. The van der Waals surface area contributed by atoms with E-state index >= 15 is 0 Å². The molecule has 0 aliphatic carbocycles. The summed E-state index contributed by atoms with van der Waals surface area (Å²) in [7, 11) is 0. The topological polar surface area (TPSA) is 21.7 Å². The minimum atomic E-state index is 0. The molecule has 0 saturated heterocycles. The van der Waals surface area contributed by atoms with Gasteiger partial charge in [-0.2, -0.15) is 0 Å². The third kappa shape index (κ3) is 28.9. The van der Waals surface area contributed by atoms with Crippen molar-refractivity contribution < 1.29 is 9.47 Å². The van der Waals surface area contributed by atoms with Gasteiger partial charge in [-0.05, 0) is 31.1 Å². The molecule has 0 fully saturated rings. The van der Waals surface area contributed by atoms with Crippen LogP contribution in [0.25, 0.3) is 0 Å². The Morgan fingerprint density at radius 2 is 0.892 bits per heavy atom. The number of ether oxygens (including phenoxy) is 2. The second-order valence-corrected chi connectivity index (χ2v) is 11.8. The molecule has 37 heavy (non-hydrogen) atoms. The summed E-state index contributed by atoms with van der Waals surface area (Å²) in [4.78, 5) is 2.42. The van der Waals surface area contributed by atoms with E-state index in [-0.39, 0.29) is 12.4 Å². The first kappa shape index (κ1) is 37.1. The first-order valence-corrected chi connectivity index (χ1v) is 17.2. The number of hydrogen-bond donors (Lipinski definition) is 0. The molecule has 0 unspecified atom stereocenters. The monoisotopic (exact) mass is 561 g/mol. The summed E-state index contributed by atoms with van der Waals surface area (Å²) in [6.45, 7) is 7.12. The molecular weight excluding hydrogens is 498 g/mol. The van der Waals surface area contributed by atoms with Crippen molar-refractivity contribution in [3.05, 3.63) is 11.6 Å². The largest absolute Gasteiger partial charge is 0.381 e. The SMILES string of the molecule is CCCCCCCCCCCCCCCCCCOCCCOCCCCCCCCN1C=CSC1.Cl. The quantitative estimate of drug-likeness (QED) is 0.0812. The summed E-state index contributed by atoms with van der Waals surface area (Å²) >= 11 is 1.90. The minimum Gasteiger partial charge on any atom is -0.381 e. The third-order valence-electron chi connectivity index (χ3n) is 7.31. The van der Waals surface area contributed by atoms with Crippen LogP contribution < -0.4 is 0 Å². The standard InChI is InChI=1S/C32H63NO2S.ClH/c1-2-3-4-5-6-7-8-9-10-11-12-13-14-16-19-22-27-34-29-24-30-35-28-23-20-17-15-18-21-25-33-26-31-36-32-33;/h26,31H,2-25,27-30,32H2,1H3;1H. The van der Waals surface area contributed by atoms with Gasteiger partial charge < -0.3 is 14.4 Å². The van der Waals surface area contributed by atoms with E-state index in [0.717, 1.165) is 38.7 Å². The Balaban J connectivity index is 0.0000130. The normalized spacial score (nSPS) is 12.9. The van der Waals surface area contributed by atoms with Gasteiger partial charge in [0.05, 0.1) is 5.88 Å². The van der Waals surface area contributed by atoms with Gasteiger partial charge in [-0.1, -0.05) is 129 Å². The van der Waals surface area contributed by atoms with Gasteiger partial charge in [0.1, 0.15) is 0 Å². The highest BCUT2D eigenvalue weighted by atomic mass is 35.5. The van der Waals surface area contributed by atoms with Crippen LogP contribution in [0.2, 0.25) is 0 Å². The molecule has 1 rings (SSSR count). The molecule has 0 aromatic heterocycles. The predicted molar refractivity (Wildman–Crippen MR) is 169 cm³/mol. The highest BCUT2D eigenvalue weighted by molar-refractivity contribution is 8.02. The number of thioether (sulfide) groups is 1. The van der Waals surface area contributed by atoms with E-state index in [2.05, 4.69) is 23.4 Å². The van der Waals surface area contributed by atoms with Crippen molar-refractivity contribution in [2.75, 3.05) is 38.8 Å². The number of halogens is 1. The third-order valence-corrected chi connectivity index (χ3v) is 8.11. The molecule has 0 N–H and O–H groups in total. The summed E-state index contributed by atoms with van der Waals surface area (Å²) < 4.78 is 11.6. The van der Waals surface area contributed by atoms with Crippen LogP contribution in [0.3, 0.4) is 0 Å². The number of hydrogen-bond acceptors (Lipinski definition) is 4. The second-order valence-electron chi connectivity index (χ2n) is 10.9. The Bertz CT molecular complexity index is 453. The Labute approximate surface area is 243 Å². The van der Waals surface area contributed by atoms with Gasteiger partial charge in [0, 0.05) is 39.2 Å². The van der Waals surface area contributed by atoms with Crippen molar-refractivity contribution in [1.29, 1.82) is 0 Å². The molecule has 1 aliphatic rings. The van der Waals surface area contributed by atoms with Gasteiger partial charge in [0.15, 0.2) is 0 Å². The van der Waals surface area contributed by atoms with E-state index < -0.39 is 0 Å². The Morgan fingerprint density at radius 1 is 0.514 bits per heavy atom. The highest BCUT2D eigenvalue weighted by Gasteiger charge is 2.03. The maximum absolute atomic E-state index is 5.78. The van der Waals surface area contributed by atoms with Crippen LogP contribution in [0.5, 0.6) is 0 Å². The maximum atomic E-state index is 5.78. The van der Waals surface area contributed by atoms with Crippen LogP contribution in [0.1, 0.15) is 155 Å². The smallest absolute Gasteiger partial charge is 0.0675 e. The van der Waals surface area contributed by atoms with Crippen molar-refractivity contribution >= 4 is 24.2 Å². The second kappa shape index (κ2) is 32.3. The number of rotatable bonds is 30. The molecular formula is C32H64ClNO2S. The highest BCUT2D eigenvalue weighted by Crippen LogP contribution is 2.16. The van der Waals surface area contributed by atoms with E-state index in [9.17, 15) is 0 Å². The van der Waals surface area contributed by atoms with Crippen molar-refractivity contribution in [1.82, 2.24) is 4.90 Å². The number of nitrogens with zero attached hydrogens (tertiary/aromatic N) is 1. The number of unbranched alkanes of at least 4 members (excludes halogenated alkanes) is 20. The van der Waals surface area contributed by atoms with E-state index in [0.29, 0.717) is 0 Å². The van der Waals surface area contributed by atoms with Crippen LogP contribution >= 0.6 is 24.2 Å². The van der Waals surface area contributed by atoms with Gasteiger partial charge in [-0.3, -0.25) is 0 Å². The molecule has 3 nitrogen and oxygen atoms in total. The van der Waals surface area contributed by atoms with Crippen LogP contribution in [0.15, 0.2) is 11.6 Å². The summed E-state index contributed by atoms with van der Waals surface area (Å²) in [5.41, 5.74) is 0. The van der Waals surface area contributed by atoms with Crippen molar-refractivity contribution in [2.45, 2.75) is 155 Å². The summed E-state index contributed by atoms with van der Waals surface area (Å²) in [5.74, 6) is 1.15. The summed E-state index contributed by atoms with van der Waals surface area (Å²) in [6, 6.07) is 0. The lowest BCUT2D eigenvalue weighted by atomic mass is 10.0. The van der Waals surface area contributed by atoms with Crippen molar-refractivity contribution in [3.63, 3.8) is 0 Å². The Hall–Kier alpha value is 0.1000. The van der Waals surface area contributed by atoms with Gasteiger partial charge in [-0.25, -0.2) is 0 Å². The van der Waals surface area contributed by atoms with E-state index in [1.165, 1.54) is 148 Å². The zero-order chi connectivity index (χ0) is 25.6. The molecule has 0 radical (unpaired) electrons. The molecule has 1 aliphatic heterocycles. The molecule has 0 spiro atoms. The molecule has 0 atom stereocenters. The molecule has 0 bridgehead atoms. The van der Waals surface area contributed by atoms with E-state index in [1.807, 2.05) is 11.8 Å². The van der Waals surface area contributed by atoms with Crippen LogP contribution in [-0.2, 0) is 9.47 Å². The first-order valence-electron chi connectivity index (χ1n) is 16.1. The zero-order valence-corrected chi connectivity index (χ0v) is 26.4. The van der Waals surface area contributed by atoms with Gasteiger partial charge in [-0.15, -0.1) is 24.2 Å². The van der Waals surface area contributed by atoms with Gasteiger partial charge in [0.25, 0.3) is 0 Å². The van der Waals surface area contributed by atoms with Gasteiger partial charge >= 0.3 is 0 Å². The van der Waals surface area contributed by atoms with Crippen molar-refractivity contribution in [3.8, 4) is 0 Å². The van der Waals surface area contributed by atoms with Crippen LogP contribution in [-0.4, -0.2) is 43.7 Å². The lowest BCUT2D eigenvalue weighted by Crippen LogP contribution is -2.14. The summed E-state index contributed by atoms with van der Waals surface area (Å²) in [6.07, 6.45) is 34.0. The van der Waals surface area contributed by atoms with Crippen LogP contribution in [0, 0.1) is 0 Å². The molecule has 0 saturated carbocycles. The lowest BCUT2D eigenvalue weighted by molar-refractivity contribution is 0.0794. The molecule has 0 amide bonds. The molecule has 0 aromatic carbocycles. The fraction of sp³-hybridized carbons (Fsp3) is 0.938. The first-order chi connectivity index (χ1) is 17.9. The fourth-order valence-electron chi connectivity index (χ4n) is 4.90. The molecule has 0 aromatic rings. The predicted octanol–water partition coefficient (Wildman–Crippen LogP) is 10.9. The average Bonchev–Trinajstić information content (AvgIpc) is 3.41. The lowest BCUT2D eigenvalue weighted by Gasteiger charge is -2.13. The zero-order valence-electron chi connectivity index (χ0n) is 24.7. The van der Waals surface area contributed by atoms with E-state index in [1.54, 1.807) is 0 Å². The average molecular weight is 562 g/mol. The van der Waals surface area contributed by atoms with Crippen molar-refractivity contribution in [2.24, 2.45) is 0 Å². The fourth-order valence-corrected chi connectivity index (χ4v) is 5.65. The summed E-state index contributed by atoms with van der Waals surface area (Å²) in [5, 5.41) is 2.20. The molecule has 222 valence electrons. The molecule has 5 heteroatoms.